The summed E-state index contributed by atoms with van der Waals surface area (Å²) in [5, 5.41) is 8.08. The van der Waals surface area contributed by atoms with Gasteiger partial charge in [-0.3, -0.25) is 9.56 Å². The number of aliphatic imine (C=N–C) groups is 1. The number of halogens is 7. The highest BCUT2D eigenvalue weighted by molar-refractivity contribution is 7.98. The highest BCUT2D eigenvalue weighted by Gasteiger charge is 2.38. The van der Waals surface area contributed by atoms with Crippen molar-refractivity contribution in [2.45, 2.75) is 42.8 Å². The molecule has 0 saturated heterocycles. The van der Waals surface area contributed by atoms with Gasteiger partial charge in [-0.2, -0.15) is 13.2 Å². The second-order valence-electron chi connectivity index (χ2n) is 10.7. The predicted octanol–water partition coefficient (Wildman–Crippen LogP) is 7.25. The highest BCUT2D eigenvalue weighted by atomic mass is 35.5. The Morgan fingerprint density at radius 2 is 1.65 bits per heavy atom. The molecule has 0 atom stereocenters. The zero-order valence-electron chi connectivity index (χ0n) is 26.3. The Morgan fingerprint density at radius 1 is 1.04 bits per heavy atom. The normalized spacial score (nSPS) is 11.4. The third kappa shape index (κ3) is 10.5. The van der Waals surface area contributed by atoms with Crippen molar-refractivity contribution in [2.75, 3.05) is 20.3 Å². The van der Waals surface area contributed by atoms with E-state index in [1.165, 1.54) is 12.1 Å². The van der Waals surface area contributed by atoms with E-state index in [2.05, 4.69) is 9.98 Å². The second kappa shape index (κ2) is 16.7. The minimum atomic E-state index is -5.08. The summed E-state index contributed by atoms with van der Waals surface area (Å²) in [4.78, 5) is 17.3. The number of carboxylic acid groups (broad SMARTS) is 1. The maximum atomic E-state index is 15.0. The molecule has 4 rings (SSSR count). The molecule has 0 bridgehead atoms. The van der Waals surface area contributed by atoms with E-state index in [9.17, 15) is 17.6 Å². The van der Waals surface area contributed by atoms with Crippen LogP contribution in [0.2, 0.25) is 5.02 Å². The number of thioether (sulfide) groups is 1. The van der Waals surface area contributed by atoms with Crippen molar-refractivity contribution in [3.63, 3.8) is 0 Å². The lowest BCUT2D eigenvalue weighted by atomic mass is 9.81. The van der Waals surface area contributed by atoms with Crippen LogP contribution in [-0.4, -0.2) is 53.0 Å². The number of aromatic nitrogens is 2. The van der Waals surface area contributed by atoms with Crippen LogP contribution in [0.3, 0.4) is 0 Å². The van der Waals surface area contributed by atoms with Crippen molar-refractivity contribution in [1.82, 2.24) is 9.55 Å². The van der Waals surface area contributed by atoms with Crippen molar-refractivity contribution < 1.29 is 45.7 Å². The molecule has 0 amide bonds. The summed E-state index contributed by atoms with van der Waals surface area (Å²) in [6.07, 6.45) is -2.90. The molecule has 1 aromatic heterocycles. The molecule has 3 aromatic carbocycles. The Morgan fingerprint density at radius 3 is 2.20 bits per heavy atom. The van der Waals surface area contributed by atoms with E-state index in [0.717, 1.165) is 35.2 Å². The van der Waals surface area contributed by atoms with Crippen molar-refractivity contribution in [2.24, 2.45) is 16.5 Å². The number of benzene rings is 3. The molecule has 0 spiro atoms. The summed E-state index contributed by atoms with van der Waals surface area (Å²) in [6.45, 7) is 4.55. The van der Waals surface area contributed by atoms with E-state index in [1.807, 2.05) is 30.5 Å². The topological polar surface area (TPSA) is 138 Å². The summed E-state index contributed by atoms with van der Waals surface area (Å²) in [6, 6.07) is 13.8. The number of aliphatic carboxylic acids is 1. The number of rotatable bonds is 12. The molecule has 0 aliphatic carbocycles. The number of nitrogens with zero attached hydrogens (tertiary/aromatic N) is 3. The Kier molecular flexibility index (Phi) is 13.2. The molecule has 49 heavy (non-hydrogen) atoms. The van der Waals surface area contributed by atoms with Crippen LogP contribution in [0.5, 0.6) is 11.5 Å². The summed E-state index contributed by atoms with van der Waals surface area (Å²) in [5.41, 5.74) is 12.1. The first-order valence-electron chi connectivity index (χ1n) is 14.2. The van der Waals surface area contributed by atoms with Crippen LogP contribution < -0.4 is 20.9 Å². The highest BCUT2D eigenvalue weighted by Crippen LogP contribution is 2.39. The van der Waals surface area contributed by atoms with Gasteiger partial charge in [-0.05, 0) is 42.0 Å². The van der Waals surface area contributed by atoms with Crippen LogP contribution in [0.15, 0.2) is 70.9 Å². The maximum Gasteiger partial charge on any atom is 0.490 e. The van der Waals surface area contributed by atoms with Gasteiger partial charge in [0.2, 0.25) is 0 Å². The van der Waals surface area contributed by atoms with Crippen LogP contribution in [-0.2, 0) is 16.0 Å². The molecule has 9 nitrogen and oxygen atoms in total. The third-order valence-corrected chi connectivity index (χ3v) is 8.19. The number of hydrogen-bond donors (Lipinski definition) is 3. The lowest BCUT2D eigenvalue weighted by Gasteiger charge is -2.28. The number of nitrogens with two attached hydrogens (primary N) is 2. The zero-order valence-corrected chi connectivity index (χ0v) is 27.9. The van der Waals surface area contributed by atoms with E-state index in [4.69, 9.17) is 42.4 Å². The van der Waals surface area contributed by atoms with Gasteiger partial charge in [0.1, 0.15) is 29.0 Å². The van der Waals surface area contributed by atoms with Gasteiger partial charge in [0.15, 0.2) is 11.1 Å². The molecule has 5 N–H and O–H groups in total. The van der Waals surface area contributed by atoms with Crippen LogP contribution >= 0.6 is 23.4 Å². The minimum Gasteiger partial charge on any atom is -0.495 e. The van der Waals surface area contributed by atoms with Gasteiger partial charge in [-0.15, -0.1) is 0 Å². The molecular weight excluding hydrogens is 700 g/mol. The first-order valence-corrected chi connectivity index (χ1v) is 15.6. The predicted molar refractivity (Wildman–Crippen MR) is 174 cm³/mol. The maximum absolute atomic E-state index is 15.0. The standard InChI is InChI=1S/C30H31ClF3N5O2S.C2HF3O2/c1-30(2,18-5-10-23(31)26(13-18)40-3)27-16-38-29(39(27)20-8-6-19(32)7-9-20)42-17-22-24(33)14-21(15-25(22)34)41-12-4-11-37-28(35)36;3-2(4,5)1(6)7/h5-10,13-16H,4,11-12,17H2,1-3H3,(H4,35,36,37);(H,6,7). The van der Waals surface area contributed by atoms with Crippen molar-refractivity contribution in [3.8, 4) is 17.2 Å². The zero-order chi connectivity index (χ0) is 36.5. The Bertz CT molecular complexity index is 1760. The molecule has 4 aromatic rings. The fourth-order valence-electron chi connectivity index (χ4n) is 4.31. The SMILES string of the molecule is COc1cc(C(C)(C)c2cnc(SCc3c(F)cc(OCCCN=C(N)N)cc3F)n2-c2ccc(F)cc2)ccc1Cl.O=C(O)C(F)(F)F. The molecule has 0 aliphatic rings. The molecule has 17 heteroatoms. The van der Waals surface area contributed by atoms with Crippen LogP contribution in [0.1, 0.15) is 37.1 Å². The van der Waals surface area contributed by atoms with E-state index in [0.29, 0.717) is 34.6 Å². The van der Waals surface area contributed by atoms with Crippen molar-refractivity contribution in [1.29, 1.82) is 0 Å². The van der Waals surface area contributed by atoms with E-state index < -0.39 is 29.2 Å². The lowest BCUT2D eigenvalue weighted by molar-refractivity contribution is -0.192. The average molecular weight is 732 g/mol. The lowest BCUT2D eigenvalue weighted by Crippen LogP contribution is -2.23. The quantitative estimate of drug-likeness (QED) is 0.0456. The summed E-state index contributed by atoms with van der Waals surface area (Å²) >= 11 is 7.41. The van der Waals surface area contributed by atoms with E-state index in [1.54, 1.807) is 31.5 Å². The summed E-state index contributed by atoms with van der Waals surface area (Å²) < 4.78 is 88.3. The molecule has 0 saturated carbocycles. The monoisotopic (exact) mass is 731 g/mol. The number of hydrogen-bond acceptors (Lipinski definition) is 6. The molecule has 0 unspecified atom stereocenters. The van der Waals surface area contributed by atoms with Gasteiger partial charge < -0.3 is 26.0 Å². The number of ether oxygens (including phenoxy) is 2. The van der Waals surface area contributed by atoms with Crippen LogP contribution in [0, 0.1) is 17.5 Å². The minimum absolute atomic E-state index is 0.0325. The number of guanidine groups is 1. The third-order valence-electron chi connectivity index (χ3n) is 6.90. The van der Waals surface area contributed by atoms with Gasteiger partial charge in [-0.1, -0.05) is 43.3 Å². The fourth-order valence-corrected chi connectivity index (χ4v) is 5.52. The number of methoxy groups -OCH3 is 1. The molecule has 0 radical (unpaired) electrons. The largest absolute Gasteiger partial charge is 0.495 e. The number of carbonyl (C=O) groups is 1. The number of carboxylic acids is 1. The molecule has 0 aliphatic heterocycles. The van der Waals surface area contributed by atoms with Crippen molar-refractivity contribution in [3.05, 3.63) is 100 Å². The average Bonchev–Trinajstić information content (AvgIpc) is 3.45. The van der Waals surface area contributed by atoms with Gasteiger partial charge in [0.25, 0.3) is 0 Å². The Balaban J connectivity index is 0.000000838. The fraction of sp³-hybridized carbons (Fsp3) is 0.281. The number of imidazole rings is 1. The molecular formula is C32H32ClF6N5O4S. The van der Waals surface area contributed by atoms with Gasteiger partial charge in [0.05, 0.1) is 30.6 Å². The molecule has 264 valence electrons. The first kappa shape index (κ1) is 38.9. The van der Waals surface area contributed by atoms with Gasteiger partial charge in [-0.25, -0.2) is 22.9 Å². The van der Waals surface area contributed by atoms with Crippen LogP contribution in [0.4, 0.5) is 26.3 Å². The Labute approximate surface area is 286 Å². The molecule has 0 fully saturated rings. The van der Waals surface area contributed by atoms with Crippen molar-refractivity contribution >= 4 is 35.3 Å². The number of alkyl halides is 3. The summed E-state index contributed by atoms with van der Waals surface area (Å²) in [7, 11) is 1.54. The Hall–Kier alpha value is -4.57. The first-order chi connectivity index (χ1) is 22.9. The summed E-state index contributed by atoms with van der Waals surface area (Å²) in [5.74, 6) is -4.11. The molecule has 1 heterocycles. The second-order valence-corrected chi connectivity index (χ2v) is 12.0. The van der Waals surface area contributed by atoms with Gasteiger partial charge >= 0.3 is 12.1 Å². The van der Waals surface area contributed by atoms with E-state index in [-0.39, 0.29) is 35.4 Å². The smallest absolute Gasteiger partial charge is 0.490 e. The van der Waals surface area contributed by atoms with Gasteiger partial charge in [0, 0.05) is 47.5 Å². The van der Waals surface area contributed by atoms with E-state index >= 15 is 8.78 Å². The van der Waals surface area contributed by atoms with Crippen LogP contribution in [0.25, 0.3) is 5.69 Å².